The number of nitrogens with zero attached hydrogens (tertiary/aromatic N) is 2. The molecule has 2 aromatic rings. The second-order valence-electron chi connectivity index (χ2n) is 8.31. The Morgan fingerprint density at radius 2 is 2.19 bits per heavy atom. The van der Waals surface area contributed by atoms with Gasteiger partial charge in [-0.05, 0) is 57.4 Å². The molecule has 2 aliphatic heterocycles. The van der Waals surface area contributed by atoms with E-state index in [1.54, 1.807) is 6.07 Å². The minimum absolute atomic E-state index is 0.0501. The number of hydrogen-bond acceptors (Lipinski definition) is 4. The summed E-state index contributed by atoms with van der Waals surface area (Å²) in [6.07, 6.45) is 3.20. The Morgan fingerprint density at radius 3 is 3.00 bits per heavy atom. The molecule has 0 radical (unpaired) electrons. The smallest absolute Gasteiger partial charge is 0.251 e. The Labute approximate surface area is 154 Å². The number of rotatable bonds is 3. The van der Waals surface area contributed by atoms with E-state index < -0.39 is 0 Å². The van der Waals surface area contributed by atoms with Crippen LogP contribution in [0.15, 0.2) is 29.1 Å². The van der Waals surface area contributed by atoms with E-state index in [0.29, 0.717) is 11.7 Å². The number of likely N-dealkylation sites (tertiary alicyclic amines) is 1. The highest BCUT2D eigenvalue weighted by Gasteiger charge is 2.30. The minimum Gasteiger partial charge on any atom is -0.487 e. The van der Waals surface area contributed by atoms with Gasteiger partial charge in [0.1, 0.15) is 17.2 Å². The number of hydrogen-bond donors (Lipinski definition) is 1. The van der Waals surface area contributed by atoms with Crippen molar-refractivity contribution in [2.75, 3.05) is 13.1 Å². The van der Waals surface area contributed by atoms with E-state index in [2.05, 4.69) is 46.9 Å². The highest BCUT2D eigenvalue weighted by atomic mass is 16.5. The van der Waals surface area contributed by atoms with E-state index >= 15 is 0 Å². The van der Waals surface area contributed by atoms with Crippen LogP contribution in [0.25, 0.3) is 0 Å². The second kappa shape index (κ2) is 6.54. The molecule has 26 heavy (non-hydrogen) atoms. The van der Waals surface area contributed by atoms with E-state index in [4.69, 9.17) is 4.74 Å². The first-order chi connectivity index (χ1) is 12.4. The lowest BCUT2D eigenvalue weighted by atomic mass is 9.94. The predicted octanol–water partition coefficient (Wildman–Crippen LogP) is 3.17. The molecule has 1 fully saturated rings. The molecule has 1 atom stereocenters. The Hall–Kier alpha value is -2.14. The van der Waals surface area contributed by atoms with Crippen LogP contribution in [-0.2, 0) is 13.0 Å². The number of nitrogens with one attached hydrogen (secondary N) is 1. The Balaban J connectivity index is 1.47. The topological polar surface area (TPSA) is 58.2 Å². The average molecular weight is 353 g/mol. The highest BCUT2D eigenvalue weighted by Crippen LogP contribution is 2.35. The van der Waals surface area contributed by atoms with Crippen molar-refractivity contribution in [2.45, 2.75) is 58.1 Å². The second-order valence-corrected chi connectivity index (χ2v) is 8.31. The lowest BCUT2D eigenvalue weighted by molar-refractivity contribution is 0.138. The van der Waals surface area contributed by atoms with Crippen molar-refractivity contribution < 1.29 is 4.74 Å². The van der Waals surface area contributed by atoms with Gasteiger partial charge < -0.3 is 9.72 Å². The SMILES string of the molecule is Cc1nc(C2CCCN(Cc3ccc4c(c3)CC(C)(C)O4)C2)cc(=O)[nH]1. The zero-order chi connectivity index (χ0) is 18.3. The largest absolute Gasteiger partial charge is 0.487 e. The number of piperidine rings is 1. The fourth-order valence-corrected chi connectivity index (χ4v) is 4.27. The van der Waals surface area contributed by atoms with E-state index in [0.717, 1.165) is 50.3 Å². The number of benzene rings is 1. The molecule has 1 N–H and O–H groups in total. The quantitative estimate of drug-likeness (QED) is 0.921. The van der Waals surface area contributed by atoms with Crippen molar-refractivity contribution in [1.82, 2.24) is 14.9 Å². The third-order valence-electron chi connectivity index (χ3n) is 5.34. The molecule has 1 saturated heterocycles. The van der Waals surface area contributed by atoms with Crippen LogP contribution in [0, 0.1) is 6.92 Å². The first-order valence-electron chi connectivity index (χ1n) is 9.49. The maximum Gasteiger partial charge on any atom is 0.251 e. The summed E-state index contributed by atoms with van der Waals surface area (Å²) >= 11 is 0. The summed E-state index contributed by atoms with van der Waals surface area (Å²) in [6, 6.07) is 8.25. The van der Waals surface area contributed by atoms with Crippen molar-refractivity contribution in [1.29, 1.82) is 0 Å². The van der Waals surface area contributed by atoms with Crippen LogP contribution in [-0.4, -0.2) is 33.6 Å². The molecular weight excluding hydrogens is 326 g/mol. The normalized spacial score (nSPS) is 22.0. The summed E-state index contributed by atoms with van der Waals surface area (Å²) in [6.45, 7) is 9.11. The van der Waals surface area contributed by atoms with Gasteiger partial charge >= 0.3 is 0 Å². The molecule has 0 bridgehead atoms. The van der Waals surface area contributed by atoms with E-state index in [1.165, 1.54) is 11.1 Å². The Morgan fingerprint density at radius 1 is 1.35 bits per heavy atom. The van der Waals surface area contributed by atoms with Crippen LogP contribution in [0.3, 0.4) is 0 Å². The number of aryl methyl sites for hydroxylation is 1. The zero-order valence-corrected chi connectivity index (χ0v) is 15.8. The fourth-order valence-electron chi connectivity index (χ4n) is 4.27. The standard InChI is InChI=1S/C21H27N3O2/c1-14-22-18(10-20(25)23-14)16-5-4-8-24(13-16)12-15-6-7-19-17(9-15)11-21(2,3)26-19/h6-7,9-10,16H,4-5,8,11-13H2,1-3H3,(H,22,23,25). The van der Waals surface area contributed by atoms with Gasteiger partial charge in [0.05, 0.1) is 5.69 Å². The molecule has 5 heteroatoms. The summed E-state index contributed by atoms with van der Waals surface area (Å²) in [4.78, 5) is 21.5. The molecule has 0 saturated carbocycles. The number of aromatic amines is 1. The first kappa shape index (κ1) is 17.3. The summed E-state index contributed by atoms with van der Waals surface area (Å²) in [5.41, 5.74) is 3.43. The van der Waals surface area contributed by atoms with E-state index in [1.807, 2.05) is 6.92 Å². The van der Waals surface area contributed by atoms with Crippen LogP contribution in [0.4, 0.5) is 0 Å². The molecule has 4 rings (SSSR count). The van der Waals surface area contributed by atoms with Gasteiger partial charge in [0.15, 0.2) is 0 Å². The van der Waals surface area contributed by atoms with Crippen molar-refractivity contribution >= 4 is 0 Å². The molecule has 5 nitrogen and oxygen atoms in total. The summed E-state index contributed by atoms with van der Waals surface area (Å²) < 4.78 is 5.98. The van der Waals surface area contributed by atoms with Gasteiger partial charge in [0.25, 0.3) is 5.56 Å². The summed E-state index contributed by atoms with van der Waals surface area (Å²) in [5, 5.41) is 0. The van der Waals surface area contributed by atoms with Gasteiger partial charge in [0.2, 0.25) is 0 Å². The number of ether oxygens (including phenoxy) is 1. The maximum absolute atomic E-state index is 11.8. The van der Waals surface area contributed by atoms with Gasteiger partial charge in [-0.25, -0.2) is 4.98 Å². The van der Waals surface area contributed by atoms with Crippen LogP contribution >= 0.6 is 0 Å². The molecule has 0 amide bonds. The Bertz CT molecular complexity index is 872. The Kier molecular flexibility index (Phi) is 4.35. The van der Waals surface area contributed by atoms with Crippen molar-refractivity contribution in [2.24, 2.45) is 0 Å². The predicted molar refractivity (Wildman–Crippen MR) is 102 cm³/mol. The fraction of sp³-hybridized carbons (Fsp3) is 0.524. The summed E-state index contributed by atoms with van der Waals surface area (Å²) in [5.74, 6) is 2.06. The molecular formula is C21H27N3O2. The zero-order valence-electron chi connectivity index (χ0n) is 15.8. The molecule has 138 valence electrons. The third kappa shape index (κ3) is 3.68. The van der Waals surface area contributed by atoms with E-state index in [9.17, 15) is 4.79 Å². The lowest BCUT2D eigenvalue weighted by Gasteiger charge is -2.32. The van der Waals surface area contributed by atoms with Gasteiger partial charge in [0, 0.05) is 31.5 Å². The molecule has 3 heterocycles. The maximum atomic E-state index is 11.8. The first-order valence-corrected chi connectivity index (χ1v) is 9.49. The van der Waals surface area contributed by atoms with Crippen LogP contribution in [0.1, 0.15) is 55.3 Å². The van der Waals surface area contributed by atoms with Crippen molar-refractivity contribution in [3.63, 3.8) is 0 Å². The summed E-state index contributed by atoms with van der Waals surface area (Å²) in [7, 11) is 0. The average Bonchev–Trinajstić information content (AvgIpc) is 2.87. The molecule has 0 aliphatic carbocycles. The third-order valence-corrected chi connectivity index (χ3v) is 5.34. The highest BCUT2D eigenvalue weighted by molar-refractivity contribution is 5.41. The lowest BCUT2D eigenvalue weighted by Crippen LogP contribution is -2.34. The molecule has 1 aromatic heterocycles. The number of fused-ring (bicyclic) bond motifs is 1. The van der Waals surface area contributed by atoms with Crippen LogP contribution in [0.5, 0.6) is 5.75 Å². The number of H-pyrrole nitrogens is 1. The molecule has 0 spiro atoms. The van der Waals surface area contributed by atoms with Crippen molar-refractivity contribution in [3.05, 3.63) is 57.3 Å². The van der Waals surface area contributed by atoms with Crippen LogP contribution < -0.4 is 10.3 Å². The van der Waals surface area contributed by atoms with Gasteiger partial charge in [-0.15, -0.1) is 0 Å². The molecule has 2 aliphatic rings. The van der Waals surface area contributed by atoms with Crippen LogP contribution in [0.2, 0.25) is 0 Å². The van der Waals surface area contributed by atoms with Gasteiger partial charge in [-0.1, -0.05) is 12.1 Å². The molecule has 1 unspecified atom stereocenters. The molecule has 1 aromatic carbocycles. The van der Waals surface area contributed by atoms with Gasteiger partial charge in [-0.2, -0.15) is 0 Å². The van der Waals surface area contributed by atoms with Crippen molar-refractivity contribution in [3.8, 4) is 5.75 Å². The van der Waals surface area contributed by atoms with E-state index in [-0.39, 0.29) is 11.2 Å². The number of aromatic nitrogens is 2. The minimum atomic E-state index is -0.0962. The monoisotopic (exact) mass is 353 g/mol. The van der Waals surface area contributed by atoms with Gasteiger partial charge in [-0.3, -0.25) is 9.69 Å².